The lowest BCUT2D eigenvalue weighted by Gasteiger charge is -2.39. The van der Waals surface area contributed by atoms with Gasteiger partial charge in [0.05, 0.1) is 26.7 Å². The molecule has 1 amide bonds. The maximum atomic E-state index is 13.4. The van der Waals surface area contributed by atoms with Gasteiger partial charge in [-0.2, -0.15) is 0 Å². The number of piperidine rings is 1. The smallest absolute Gasteiger partial charge is 0.317 e. The standard InChI is InChI=1S/C26H29N3O7/c1-17(30)29-12-10-26(11-13-29,19-8-6-5-7-9-19)25(31)35-16-22-27-28-24(36-22)18-14-20(32-2)23(34-4)21(15-18)33-3/h5-9,14-15H,10-13,16H2,1-4H3. The zero-order chi connectivity index (χ0) is 25.7. The number of hydrogen-bond donors (Lipinski definition) is 0. The van der Waals surface area contributed by atoms with E-state index in [4.69, 9.17) is 23.4 Å². The average molecular weight is 496 g/mol. The number of hydrogen-bond acceptors (Lipinski definition) is 9. The third kappa shape index (κ3) is 4.84. The third-order valence-corrected chi connectivity index (χ3v) is 6.48. The summed E-state index contributed by atoms with van der Waals surface area (Å²) in [4.78, 5) is 27.0. The summed E-state index contributed by atoms with van der Waals surface area (Å²) in [5, 5.41) is 8.12. The topological polar surface area (TPSA) is 113 Å². The van der Waals surface area contributed by atoms with Crippen molar-refractivity contribution >= 4 is 11.9 Å². The van der Waals surface area contributed by atoms with Gasteiger partial charge in [-0.15, -0.1) is 10.2 Å². The maximum Gasteiger partial charge on any atom is 0.317 e. The molecule has 0 saturated carbocycles. The first-order valence-electron chi connectivity index (χ1n) is 11.5. The van der Waals surface area contributed by atoms with Crippen LogP contribution >= 0.6 is 0 Å². The molecule has 1 aliphatic rings. The van der Waals surface area contributed by atoms with Gasteiger partial charge in [0.15, 0.2) is 18.1 Å². The minimum absolute atomic E-state index is 0.00443. The Balaban J connectivity index is 1.52. The van der Waals surface area contributed by atoms with Gasteiger partial charge in [0.2, 0.25) is 17.5 Å². The van der Waals surface area contributed by atoms with Crippen LogP contribution in [-0.4, -0.2) is 61.4 Å². The highest BCUT2D eigenvalue weighted by atomic mass is 16.5. The van der Waals surface area contributed by atoms with Crippen molar-refractivity contribution in [2.75, 3.05) is 34.4 Å². The van der Waals surface area contributed by atoms with Gasteiger partial charge in [-0.05, 0) is 30.5 Å². The molecule has 0 radical (unpaired) electrons. The normalized spacial score (nSPS) is 14.7. The molecule has 10 heteroatoms. The van der Waals surface area contributed by atoms with Gasteiger partial charge >= 0.3 is 5.97 Å². The van der Waals surface area contributed by atoms with Crippen molar-refractivity contribution in [1.82, 2.24) is 15.1 Å². The Hall–Kier alpha value is -4.08. The van der Waals surface area contributed by atoms with Crippen LogP contribution in [0.15, 0.2) is 46.9 Å². The zero-order valence-corrected chi connectivity index (χ0v) is 20.8. The number of carbonyl (C=O) groups is 2. The van der Waals surface area contributed by atoms with E-state index in [9.17, 15) is 9.59 Å². The molecule has 1 fully saturated rings. The summed E-state index contributed by atoms with van der Waals surface area (Å²) in [5.74, 6) is 1.31. The van der Waals surface area contributed by atoms with Crippen molar-refractivity contribution in [2.45, 2.75) is 31.8 Å². The van der Waals surface area contributed by atoms with Crippen molar-refractivity contribution < 1.29 is 33.0 Å². The van der Waals surface area contributed by atoms with Gasteiger partial charge in [0.1, 0.15) is 0 Å². The molecule has 10 nitrogen and oxygen atoms in total. The van der Waals surface area contributed by atoms with Crippen LogP contribution < -0.4 is 14.2 Å². The molecule has 2 heterocycles. The van der Waals surface area contributed by atoms with Crippen LogP contribution in [0.1, 0.15) is 31.2 Å². The van der Waals surface area contributed by atoms with Crippen LogP contribution in [0.5, 0.6) is 17.2 Å². The average Bonchev–Trinajstić information content (AvgIpc) is 3.40. The highest BCUT2D eigenvalue weighted by Gasteiger charge is 2.44. The first-order valence-corrected chi connectivity index (χ1v) is 11.5. The van der Waals surface area contributed by atoms with Crippen LogP contribution in [0.4, 0.5) is 0 Å². The number of methoxy groups -OCH3 is 3. The Morgan fingerprint density at radius 3 is 2.17 bits per heavy atom. The lowest BCUT2D eigenvalue weighted by molar-refractivity contribution is -0.156. The molecule has 0 unspecified atom stereocenters. The van der Waals surface area contributed by atoms with E-state index in [1.54, 1.807) is 17.0 Å². The van der Waals surface area contributed by atoms with E-state index in [0.29, 0.717) is 48.7 Å². The summed E-state index contributed by atoms with van der Waals surface area (Å²) in [6, 6.07) is 12.9. The number of ether oxygens (including phenoxy) is 4. The van der Waals surface area contributed by atoms with Gasteiger partial charge in [0, 0.05) is 25.6 Å². The number of nitrogens with zero attached hydrogens (tertiary/aromatic N) is 3. The van der Waals surface area contributed by atoms with E-state index < -0.39 is 5.41 Å². The fraction of sp³-hybridized carbons (Fsp3) is 0.385. The lowest BCUT2D eigenvalue weighted by Crippen LogP contribution is -2.49. The van der Waals surface area contributed by atoms with Crippen LogP contribution in [0.3, 0.4) is 0 Å². The predicted octanol–water partition coefficient (Wildman–Crippen LogP) is 3.39. The maximum absolute atomic E-state index is 13.4. The Morgan fingerprint density at radius 2 is 1.61 bits per heavy atom. The molecule has 3 aromatic rings. The number of aromatic nitrogens is 2. The lowest BCUT2D eigenvalue weighted by atomic mass is 9.72. The first kappa shape index (κ1) is 25.0. The van der Waals surface area contributed by atoms with Crippen LogP contribution in [0, 0.1) is 0 Å². The minimum atomic E-state index is -0.854. The molecule has 2 aromatic carbocycles. The van der Waals surface area contributed by atoms with E-state index in [1.165, 1.54) is 28.3 Å². The number of rotatable bonds is 8. The van der Waals surface area contributed by atoms with Gasteiger partial charge < -0.3 is 28.3 Å². The molecule has 0 bridgehead atoms. The summed E-state index contributed by atoms with van der Waals surface area (Å²) in [7, 11) is 4.55. The molecule has 0 N–H and O–H groups in total. The molecule has 0 aliphatic carbocycles. The number of amides is 1. The van der Waals surface area contributed by atoms with Gasteiger partial charge in [-0.25, -0.2) is 0 Å². The van der Waals surface area contributed by atoms with E-state index >= 15 is 0 Å². The molecule has 4 rings (SSSR count). The zero-order valence-electron chi connectivity index (χ0n) is 20.8. The highest BCUT2D eigenvalue weighted by molar-refractivity contribution is 5.84. The summed E-state index contributed by atoms with van der Waals surface area (Å²) in [6.45, 7) is 2.31. The summed E-state index contributed by atoms with van der Waals surface area (Å²) < 4.78 is 27.6. The Morgan fingerprint density at radius 1 is 0.972 bits per heavy atom. The second kappa shape index (κ2) is 10.7. The van der Waals surface area contributed by atoms with Gasteiger partial charge in [0.25, 0.3) is 5.89 Å². The molecule has 36 heavy (non-hydrogen) atoms. The third-order valence-electron chi connectivity index (χ3n) is 6.48. The van der Waals surface area contributed by atoms with Crippen molar-refractivity contribution in [3.8, 4) is 28.7 Å². The summed E-state index contributed by atoms with van der Waals surface area (Å²) in [5.41, 5.74) is 0.570. The van der Waals surface area contributed by atoms with Crippen molar-refractivity contribution in [3.05, 3.63) is 53.9 Å². The van der Waals surface area contributed by atoms with Crippen molar-refractivity contribution in [2.24, 2.45) is 0 Å². The van der Waals surface area contributed by atoms with E-state index in [1.807, 2.05) is 30.3 Å². The Kier molecular flexibility index (Phi) is 7.42. The quantitative estimate of drug-likeness (QED) is 0.434. The molecule has 190 valence electrons. The van der Waals surface area contributed by atoms with Crippen LogP contribution in [-0.2, 0) is 26.3 Å². The first-order chi connectivity index (χ1) is 17.4. The summed E-state index contributed by atoms with van der Waals surface area (Å²) >= 11 is 0. The Labute approximate surface area is 209 Å². The van der Waals surface area contributed by atoms with E-state index in [-0.39, 0.29) is 30.3 Å². The molecular weight excluding hydrogens is 466 g/mol. The molecule has 1 aromatic heterocycles. The van der Waals surface area contributed by atoms with Gasteiger partial charge in [-0.3, -0.25) is 9.59 Å². The van der Waals surface area contributed by atoms with E-state index in [0.717, 1.165) is 5.56 Å². The fourth-order valence-corrected chi connectivity index (χ4v) is 4.47. The largest absolute Gasteiger partial charge is 0.493 e. The van der Waals surface area contributed by atoms with Gasteiger partial charge in [-0.1, -0.05) is 30.3 Å². The second-order valence-corrected chi connectivity index (χ2v) is 8.45. The predicted molar refractivity (Wildman–Crippen MR) is 129 cm³/mol. The Bertz CT molecular complexity index is 1190. The SMILES string of the molecule is COc1cc(-c2nnc(COC(=O)C3(c4ccccc4)CCN(C(C)=O)CC3)o2)cc(OC)c1OC. The van der Waals surface area contributed by atoms with Crippen molar-refractivity contribution in [1.29, 1.82) is 0 Å². The number of likely N-dealkylation sites (tertiary alicyclic amines) is 1. The summed E-state index contributed by atoms with van der Waals surface area (Å²) in [6.07, 6.45) is 0.936. The highest BCUT2D eigenvalue weighted by Crippen LogP contribution is 2.41. The van der Waals surface area contributed by atoms with E-state index in [2.05, 4.69) is 10.2 Å². The molecular formula is C26H29N3O7. The van der Waals surface area contributed by atoms with Crippen LogP contribution in [0.2, 0.25) is 0 Å². The molecule has 0 spiro atoms. The number of esters is 1. The fourth-order valence-electron chi connectivity index (χ4n) is 4.47. The molecule has 0 atom stereocenters. The monoisotopic (exact) mass is 495 g/mol. The van der Waals surface area contributed by atoms with Crippen LogP contribution in [0.25, 0.3) is 11.5 Å². The molecule has 1 aliphatic heterocycles. The molecule has 1 saturated heterocycles. The second-order valence-electron chi connectivity index (χ2n) is 8.45. The minimum Gasteiger partial charge on any atom is -0.493 e. The number of carbonyl (C=O) groups excluding carboxylic acids is 2. The van der Waals surface area contributed by atoms with Crippen molar-refractivity contribution in [3.63, 3.8) is 0 Å². The number of benzene rings is 2.